The van der Waals surface area contributed by atoms with Crippen molar-refractivity contribution in [3.8, 4) is 17.2 Å². The van der Waals surface area contributed by atoms with Crippen molar-refractivity contribution in [2.24, 2.45) is 0 Å². The molecule has 150 valence electrons. The molecule has 5 nitrogen and oxygen atoms in total. The number of hydrogen-bond acceptors (Lipinski definition) is 4. The second-order valence-electron chi connectivity index (χ2n) is 6.40. The fourth-order valence-corrected chi connectivity index (χ4v) is 3.55. The lowest BCUT2D eigenvalue weighted by atomic mass is 10.1. The summed E-state index contributed by atoms with van der Waals surface area (Å²) in [5, 5.41) is 3.63. The van der Waals surface area contributed by atoms with Crippen molar-refractivity contribution >= 4 is 52.0 Å². The number of hydrogen-bond donors (Lipinski definition) is 1. The highest BCUT2D eigenvalue weighted by Crippen LogP contribution is 2.33. The molecule has 1 amide bonds. The second-order valence-corrected chi connectivity index (χ2v) is 7.24. The van der Waals surface area contributed by atoms with Crippen LogP contribution in [0.1, 0.15) is 5.56 Å². The highest BCUT2D eigenvalue weighted by Gasteiger charge is 2.09. The van der Waals surface area contributed by atoms with Gasteiger partial charge in [-0.2, -0.15) is 0 Å². The maximum absolute atomic E-state index is 12.3. The minimum Gasteiger partial charge on any atom is -0.495 e. The first-order valence-corrected chi connectivity index (χ1v) is 9.77. The molecule has 1 N–H and O–H groups in total. The monoisotopic (exact) mass is 438 g/mol. The number of nitrogens with one attached hydrogen (secondary N) is 1. The summed E-state index contributed by atoms with van der Waals surface area (Å²) in [6, 6.07) is 18.1. The molecular formula is C23H16Cl2N2O3. The van der Waals surface area contributed by atoms with Gasteiger partial charge in [0.2, 0.25) is 11.8 Å². The molecule has 1 heterocycles. The van der Waals surface area contributed by atoms with E-state index in [0.717, 1.165) is 16.7 Å². The maximum Gasteiger partial charge on any atom is 0.248 e. The van der Waals surface area contributed by atoms with E-state index in [-0.39, 0.29) is 5.91 Å². The topological polar surface area (TPSA) is 64.4 Å². The normalized spacial score (nSPS) is 11.2. The Morgan fingerprint density at radius 2 is 1.87 bits per heavy atom. The van der Waals surface area contributed by atoms with Crippen molar-refractivity contribution in [1.29, 1.82) is 0 Å². The van der Waals surface area contributed by atoms with Gasteiger partial charge in [-0.15, -0.1) is 0 Å². The third-order valence-corrected chi connectivity index (χ3v) is 4.85. The number of fused-ring (bicyclic) bond motifs is 1. The first kappa shape index (κ1) is 20.0. The average Bonchev–Trinajstić information content (AvgIpc) is 3.17. The molecule has 30 heavy (non-hydrogen) atoms. The lowest BCUT2D eigenvalue weighted by Crippen LogP contribution is -2.07. The van der Waals surface area contributed by atoms with Crippen LogP contribution in [0.15, 0.2) is 71.2 Å². The Kier molecular flexibility index (Phi) is 5.74. The summed E-state index contributed by atoms with van der Waals surface area (Å²) >= 11 is 12.1. The highest BCUT2D eigenvalue weighted by molar-refractivity contribution is 6.36. The van der Waals surface area contributed by atoms with Gasteiger partial charge in [-0.05, 0) is 54.6 Å². The van der Waals surface area contributed by atoms with E-state index in [1.807, 2.05) is 36.4 Å². The van der Waals surface area contributed by atoms with Gasteiger partial charge in [-0.1, -0.05) is 35.3 Å². The van der Waals surface area contributed by atoms with Crippen LogP contribution >= 0.6 is 23.2 Å². The molecule has 0 radical (unpaired) electrons. The number of carbonyl (C=O) groups excluding carboxylic acids is 1. The summed E-state index contributed by atoms with van der Waals surface area (Å²) in [6.07, 6.45) is 2.98. The van der Waals surface area contributed by atoms with E-state index in [9.17, 15) is 4.79 Å². The Morgan fingerprint density at radius 3 is 2.60 bits per heavy atom. The van der Waals surface area contributed by atoms with Gasteiger partial charge >= 0.3 is 0 Å². The molecule has 1 aromatic heterocycles. The summed E-state index contributed by atoms with van der Waals surface area (Å²) < 4.78 is 11.0. The smallest absolute Gasteiger partial charge is 0.248 e. The third-order valence-electron chi connectivity index (χ3n) is 4.35. The Labute approximate surface area is 182 Å². The summed E-state index contributed by atoms with van der Waals surface area (Å²) in [5.41, 5.74) is 3.59. The number of ether oxygens (including phenoxy) is 1. The molecule has 0 bridgehead atoms. The van der Waals surface area contributed by atoms with Gasteiger partial charge in [0.15, 0.2) is 5.58 Å². The second kappa shape index (κ2) is 8.61. The molecule has 7 heteroatoms. The Balaban J connectivity index is 1.47. The standard InChI is InChI=1S/C23H16Cl2N2O3/c1-29-22-15(12-16(24)13-18(22)25)8-11-21(28)26-17-9-6-14(7-10-17)23-27-19-4-2-3-5-20(19)30-23/h2-13H,1H3,(H,26,28). The van der Waals surface area contributed by atoms with Crippen LogP contribution in [-0.4, -0.2) is 18.0 Å². The number of aromatic nitrogens is 1. The quantitative estimate of drug-likeness (QED) is 0.363. The predicted octanol–water partition coefficient (Wildman–Crippen LogP) is 6.46. The maximum atomic E-state index is 12.3. The Bertz CT molecular complexity index is 1210. The number of nitrogens with zero attached hydrogens (tertiary/aromatic N) is 1. The number of methoxy groups -OCH3 is 1. The van der Waals surface area contributed by atoms with E-state index in [4.69, 9.17) is 32.4 Å². The number of rotatable bonds is 5. The largest absolute Gasteiger partial charge is 0.495 e. The van der Waals surface area contributed by atoms with Crippen LogP contribution < -0.4 is 10.1 Å². The van der Waals surface area contributed by atoms with Crippen molar-refractivity contribution in [3.63, 3.8) is 0 Å². The Morgan fingerprint density at radius 1 is 1.10 bits per heavy atom. The molecule has 4 rings (SSSR count). The molecule has 0 spiro atoms. The number of amides is 1. The molecule has 4 aromatic rings. The van der Waals surface area contributed by atoms with Crippen LogP contribution in [0.2, 0.25) is 10.0 Å². The van der Waals surface area contributed by atoms with Crippen molar-refractivity contribution < 1.29 is 13.9 Å². The van der Waals surface area contributed by atoms with Crippen LogP contribution in [0.5, 0.6) is 5.75 Å². The number of anilines is 1. The fraction of sp³-hybridized carbons (Fsp3) is 0.0435. The molecule has 3 aromatic carbocycles. The lowest BCUT2D eigenvalue weighted by Gasteiger charge is -2.08. The number of carbonyl (C=O) groups is 1. The van der Waals surface area contributed by atoms with E-state index < -0.39 is 0 Å². The summed E-state index contributed by atoms with van der Waals surface area (Å²) in [4.78, 5) is 16.8. The van der Waals surface area contributed by atoms with E-state index in [1.165, 1.54) is 13.2 Å². The molecule has 0 saturated heterocycles. The number of para-hydroxylation sites is 2. The summed E-state index contributed by atoms with van der Waals surface area (Å²) in [5.74, 6) is 0.675. The van der Waals surface area contributed by atoms with Crippen LogP contribution in [0, 0.1) is 0 Å². The van der Waals surface area contributed by atoms with Gasteiger partial charge in [0.05, 0.1) is 12.1 Å². The SMILES string of the molecule is COc1c(Cl)cc(Cl)cc1C=CC(=O)Nc1ccc(-c2nc3ccccc3o2)cc1. The highest BCUT2D eigenvalue weighted by atomic mass is 35.5. The van der Waals surface area contributed by atoms with Crippen LogP contribution in [0.25, 0.3) is 28.6 Å². The van der Waals surface area contributed by atoms with Crippen molar-refractivity contribution in [2.45, 2.75) is 0 Å². The minimum absolute atomic E-state index is 0.303. The number of halogens is 2. The van der Waals surface area contributed by atoms with Gasteiger partial charge in [0.25, 0.3) is 0 Å². The van der Waals surface area contributed by atoms with Gasteiger partial charge in [-0.25, -0.2) is 4.98 Å². The van der Waals surface area contributed by atoms with Crippen molar-refractivity contribution in [2.75, 3.05) is 12.4 Å². The van der Waals surface area contributed by atoms with Crippen LogP contribution in [0.3, 0.4) is 0 Å². The van der Waals surface area contributed by atoms with Gasteiger partial charge in [0, 0.05) is 27.9 Å². The predicted molar refractivity (Wildman–Crippen MR) is 120 cm³/mol. The molecule has 0 saturated carbocycles. The number of benzene rings is 3. The zero-order chi connectivity index (χ0) is 21.1. The van der Waals surface area contributed by atoms with E-state index in [0.29, 0.717) is 32.9 Å². The van der Waals surface area contributed by atoms with E-state index in [1.54, 1.807) is 30.3 Å². The van der Waals surface area contributed by atoms with Gasteiger partial charge < -0.3 is 14.5 Å². The Hall–Kier alpha value is -3.28. The zero-order valence-corrected chi connectivity index (χ0v) is 17.4. The summed E-state index contributed by atoms with van der Waals surface area (Å²) in [6.45, 7) is 0. The third kappa shape index (κ3) is 4.32. The molecule has 0 aliphatic heterocycles. The first-order chi connectivity index (χ1) is 14.5. The summed E-state index contributed by atoms with van der Waals surface area (Å²) in [7, 11) is 1.50. The lowest BCUT2D eigenvalue weighted by molar-refractivity contribution is -0.111. The van der Waals surface area contributed by atoms with E-state index >= 15 is 0 Å². The minimum atomic E-state index is -0.303. The molecular weight excluding hydrogens is 423 g/mol. The fourth-order valence-electron chi connectivity index (χ4n) is 2.96. The van der Waals surface area contributed by atoms with Gasteiger partial charge in [0.1, 0.15) is 11.3 Å². The van der Waals surface area contributed by atoms with Crippen molar-refractivity contribution in [1.82, 2.24) is 4.98 Å². The van der Waals surface area contributed by atoms with Crippen LogP contribution in [-0.2, 0) is 4.79 Å². The van der Waals surface area contributed by atoms with E-state index in [2.05, 4.69) is 10.3 Å². The first-order valence-electron chi connectivity index (χ1n) is 9.01. The van der Waals surface area contributed by atoms with Crippen molar-refractivity contribution in [3.05, 3.63) is 82.3 Å². The molecule has 0 aliphatic rings. The average molecular weight is 439 g/mol. The van der Waals surface area contributed by atoms with Gasteiger partial charge in [-0.3, -0.25) is 4.79 Å². The number of oxazole rings is 1. The van der Waals surface area contributed by atoms with Crippen LogP contribution in [0.4, 0.5) is 5.69 Å². The zero-order valence-electron chi connectivity index (χ0n) is 15.9. The molecule has 0 atom stereocenters. The molecule has 0 aliphatic carbocycles. The molecule has 0 unspecified atom stereocenters. The molecule has 0 fully saturated rings.